The van der Waals surface area contributed by atoms with Gasteiger partial charge in [-0.2, -0.15) is 0 Å². The van der Waals surface area contributed by atoms with Crippen molar-refractivity contribution in [1.29, 1.82) is 0 Å². The van der Waals surface area contributed by atoms with Crippen LogP contribution in [0, 0.1) is 0 Å². The van der Waals surface area contributed by atoms with E-state index in [1.54, 1.807) is 4.90 Å². The smallest absolute Gasteiger partial charge is 0.255 e. The molecule has 1 aliphatic rings. The molecule has 158 valence electrons. The first-order valence-electron chi connectivity index (χ1n) is 10.9. The molecule has 0 radical (unpaired) electrons. The van der Waals surface area contributed by atoms with Gasteiger partial charge in [0.1, 0.15) is 5.54 Å². The third-order valence-corrected chi connectivity index (χ3v) is 6.16. The molecule has 4 heteroatoms. The normalized spacial score (nSPS) is 17.5. The zero-order chi connectivity index (χ0) is 21.8. The first-order chi connectivity index (χ1) is 15.1. The minimum Gasteiger partial charge on any atom is -0.354 e. The van der Waals surface area contributed by atoms with Gasteiger partial charge in [0.25, 0.3) is 5.91 Å². The maximum absolute atomic E-state index is 13.4. The van der Waals surface area contributed by atoms with Gasteiger partial charge in [0, 0.05) is 18.7 Å². The molecule has 4 nitrogen and oxygen atoms in total. The van der Waals surface area contributed by atoms with Crippen molar-refractivity contribution in [3.63, 3.8) is 0 Å². The minimum absolute atomic E-state index is 0.105. The molecule has 2 amide bonds. The van der Waals surface area contributed by atoms with E-state index in [0.29, 0.717) is 18.7 Å². The summed E-state index contributed by atoms with van der Waals surface area (Å²) in [5, 5.41) is 3.06. The van der Waals surface area contributed by atoms with E-state index >= 15 is 0 Å². The fourth-order valence-corrected chi connectivity index (χ4v) is 4.34. The SMILES string of the molecule is CCCCNC(=O)C1(C)c2ccccc2C(=O)N1Cc1ccccc1-c1ccccc1. The van der Waals surface area contributed by atoms with E-state index in [2.05, 4.69) is 30.4 Å². The van der Waals surface area contributed by atoms with Gasteiger partial charge in [-0.25, -0.2) is 0 Å². The highest BCUT2D eigenvalue weighted by atomic mass is 16.2. The monoisotopic (exact) mass is 412 g/mol. The van der Waals surface area contributed by atoms with Crippen LogP contribution in [0.25, 0.3) is 11.1 Å². The van der Waals surface area contributed by atoms with Gasteiger partial charge in [-0.05, 0) is 41.7 Å². The maximum Gasteiger partial charge on any atom is 0.255 e. The van der Waals surface area contributed by atoms with Crippen molar-refractivity contribution in [2.24, 2.45) is 0 Å². The third-order valence-electron chi connectivity index (χ3n) is 6.16. The van der Waals surface area contributed by atoms with Crippen molar-refractivity contribution >= 4 is 11.8 Å². The standard InChI is InChI=1S/C27H28N2O2/c1-3-4-18-28-26(31)27(2)24-17-11-10-16-23(24)25(30)29(27)19-21-14-8-9-15-22(21)20-12-6-5-7-13-20/h5-17H,3-4,18-19H2,1-2H3,(H,28,31). The van der Waals surface area contributed by atoms with E-state index < -0.39 is 5.54 Å². The molecule has 0 aromatic heterocycles. The third kappa shape index (κ3) is 3.74. The lowest BCUT2D eigenvalue weighted by Gasteiger charge is -2.35. The van der Waals surface area contributed by atoms with Crippen LogP contribution in [-0.4, -0.2) is 23.3 Å². The van der Waals surface area contributed by atoms with E-state index in [0.717, 1.165) is 35.1 Å². The maximum atomic E-state index is 13.4. The highest BCUT2D eigenvalue weighted by molar-refractivity contribution is 6.06. The van der Waals surface area contributed by atoms with E-state index in [4.69, 9.17) is 0 Å². The molecule has 1 aliphatic heterocycles. The Balaban J connectivity index is 1.74. The van der Waals surface area contributed by atoms with Gasteiger partial charge in [-0.3, -0.25) is 9.59 Å². The minimum atomic E-state index is -1.05. The second kappa shape index (κ2) is 8.76. The number of nitrogens with zero attached hydrogens (tertiary/aromatic N) is 1. The molecule has 0 aliphatic carbocycles. The van der Waals surface area contributed by atoms with E-state index in [1.807, 2.05) is 67.6 Å². The van der Waals surface area contributed by atoms with Gasteiger partial charge in [0.05, 0.1) is 0 Å². The number of rotatable bonds is 7. The molecule has 0 bridgehead atoms. The van der Waals surface area contributed by atoms with E-state index in [9.17, 15) is 9.59 Å². The number of unbranched alkanes of at least 4 members (excludes halogenated alkanes) is 1. The molecule has 1 unspecified atom stereocenters. The molecular formula is C27H28N2O2. The predicted molar refractivity (Wildman–Crippen MR) is 123 cm³/mol. The van der Waals surface area contributed by atoms with Gasteiger partial charge >= 0.3 is 0 Å². The molecule has 3 aromatic carbocycles. The molecule has 1 N–H and O–H groups in total. The van der Waals surface area contributed by atoms with Crippen LogP contribution in [0.15, 0.2) is 78.9 Å². The molecule has 0 saturated heterocycles. The Morgan fingerprint density at radius 2 is 1.55 bits per heavy atom. The Hall–Kier alpha value is -3.40. The molecule has 1 atom stereocenters. The average molecular weight is 413 g/mol. The van der Waals surface area contributed by atoms with Gasteiger partial charge in [0.15, 0.2) is 0 Å². The molecular weight excluding hydrogens is 384 g/mol. The van der Waals surface area contributed by atoms with Gasteiger partial charge in [0.2, 0.25) is 5.91 Å². The number of nitrogens with one attached hydrogen (secondary N) is 1. The second-order valence-corrected chi connectivity index (χ2v) is 8.14. The number of hydrogen-bond donors (Lipinski definition) is 1. The van der Waals surface area contributed by atoms with Crippen LogP contribution in [0.1, 0.15) is 48.2 Å². The lowest BCUT2D eigenvalue weighted by atomic mass is 9.89. The van der Waals surface area contributed by atoms with Crippen LogP contribution in [-0.2, 0) is 16.9 Å². The van der Waals surface area contributed by atoms with Crippen LogP contribution in [0.2, 0.25) is 0 Å². The summed E-state index contributed by atoms with van der Waals surface area (Å²) in [5.41, 5.74) is 3.50. The highest BCUT2D eigenvalue weighted by Gasteiger charge is 2.51. The highest BCUT2D eigenvalue weighted by Crippen LogP contribution is 2.41. The topological polar surface area (TPSA) is 49.4 Å². The van der Waals surface area contributed by atoms with Crippen LogP contribution in [0.3, 0.4) is 0 Å². The molecule has 0 spiro atoms. The Morgan fingerprint density at radius 3 is 2.29 bits per heavy atom. The lowest BCUT2D eigenvalue weighted by Crippen LogP contribution is -2.52. The number of fused-ring (bicyclic) bond motifs is 1. The second-order valence-electron chi connectivity index (χ2n) is 8.14. The number of carbonyl (C=O) groups excluding carboxylic acids is 2. The zero-order valence-corrected chi connectivity index (χ0v) is 18.1. The van der Waals surface area contributed by atoms with Crippen LogP contribution in [0.5, 0.6) is 0 Å². The summed E-state index contributed by atoms with van der Waals surface area (Å²) in [5.74, 6) is -0.233. The fraction of sp³-hybridized carbons (Fsp3) is 0.259. The number of amides is 2. The van der Waals surface area contributed by atoms with Gasteiger partial charge in [-0.1, -0.05) is 86.1 Å². The first kappa shape index (κ1) is 20.9. The van der Waals surface area contributed by atoms with Crippen molar-refractivity contribution in [3.8, 4) is 11.1 Å². The summed E-state index contributed by atoms with van der Waals surface area (Å²) in [6, 6.07) is 25.7. The summed E-state index contributed by atoms with van der Waals surface area (Å²) in [6.07, 6.45) is 1.91. The molecule has 0 saturated carbocycles. The summed E-state index contributed by atoms with van der Waals surface area (Å²) >= 11 is 0. The van der Waals surface area contributed by atoms with Crippen LogP contribution < -0.4 is 5.32 Å². The average Bonchev–Trinajstić information content (AvgIpc) is 3.03. The predicted octanol–water partition coefficient (Wildman–Crippen LogP) is 5.14. The number of carbonyl (C=O) groups is 2. The van der Waals surface area contributed by atoms with Crippen LogP contribution >= 0.6 is 0 Å². The Bertz CT molecular complexity index is 1090. The van der Waals surface area contributed by atoms with Crippen molar-refractivity contribution < 1.29 is 9.59 Å². The fourth-order valence-electron chi connectivity index (χ4n) is 4.34. The number of benzene rings is 3. The Labute approximate surface area is 183 Å². The van der Waals surface area contributed by atoms with Crippen molar-refractivity contribution in [1.82, 2.24) is 10.2 Å². The van der Waals surface area contributed by atoms with Crippen molar-refractivity contribution in [2.45, 2.75) is 38.8 Å². The molecule has 3 aromatic rings. The van der Waals surface area contributed by atoms with Gasteiger partial charge < -0.3 is 10.2 Å². The Morgan fingerprint density at radius 1 is 0.903 bits per heavy atom. The largest absolute Gasteiger partial charge is 0.354 e. The van der Waals surface area contributed by atoms with E-state index in [-0.39, 0.29) is 11.8 Å². The Kier molecular flexibility index (Phi) is 5.90. The summed E-state index contributed by atoms with van der Waals surface area (Å²) < 4.78 is 0. The molecule has 1 heterocycles. The summed E-state index contributed by atoms with van der Waals surface area (Å²) in [4.78, 5) is 28.6. The quantitative estimate of drug-likeness (QED) is 0.546. The van der Waals surface area contributed by atoms with Gasteiger partial charge in [-0.15, -0.1) is 0 Å². The summed E-state index contributed by atoms with van der Waals surface area (Å²) in [7, 11) is 0. The van der Waals surface area contributed by atoms with Crippen molar-refractivity contribution in [3.05, 3.63) is 95.6 Å². The molecule has 4 rings (SSSR count). The van der Waals surface area contributed by atoms with Crippen molar-refractivity contribution in [2.75, 3.05) is 6.54 Å². The van der Waals surface area contributed by atoms with Crippen LogP contribution in [0.4, 0.5) is 0 Å². The number of hydrogen-bond acceptors (Lipinski definition) is 2. The van der Waals surface area contributed by atoms with E-state index in [1.165, 1.54) is 0 Å². The molecule has 0 fully saturated rings. The summed E-state index contributed by atoms with van der Waals surface area (Å²) in [6.45, 7) is 4.92. The molecule has 31 heavy (non-hydrogen) atoms. The first-order valence-corrected chi connectivity index (χ1v) is 10.9. The lowest BCUT2D eigenvalue weighted by molar-refractivity contribution is -0.131. The zero-order valence-electron chi connectivity index (χ0n) is 18.1.